The van der Waals surface area contributed by atoms with Gasteiger partial charge >= 0.3 is 0 Å². The highest BCUT2D eigenvalue weighted by molar-refractivity contribution is 5.78. The Hall–Kier alpha value is -2.62. The molecule has 2 N–H and O–H groups in total. The first-order chi connectivity index (χ1) is 12.7. The standard InChI is InChI=1S/C22H27N3O/c1-3-5-21-24-19-12-10-17(14-20(19)25-21)11-13-22(26)23-15-18-8-6-16(4-2)7-9-18/h6-10,12,14H,3-5,11,13,15H2,1-2H3,(H,23,26)(H,24,25). The van der Waals surface area contributed by atoms with Gasteiger partial charge in [-0.2, -0.15) is 0 Å². The van der Waals surface area contributed by atoms with Gasteiger partial charge < -0.3 is 10.3 Å². The highest BCUT2D eigenvalue weighted by atomic mass is 16.1. The summed E-state index contributed by atoms with van der Waals surface area (Å²) in [5.41, 5.74) is 5.67. The molecule has 3 aromatic rings. The highest BCUT2D eigenvalue weighted by Crippen LogP contribution is 2.16. The third-order valence-corrected chi connectivity index (χ3v) is 4.64. The lowest BCUT2D eigenvalue weighted by Crippen LogP contribution is -2.22. The Labute approximate surface area is 155 Å². The molecule has 0 aliphatic heterocycles. The van der Waals surface area contributed by atoms with Gasteiger partial charge in [0.1, 0.15) is 5.82 Å². The summed E-state index contributed by atoms with van der Waals surface area (Å²) in [4.78, 5) is 20.1. The van der Waals surface area contributed by atoms with Crippen LogP contribution in [0.3, 0.4) is 0 Å². The summed E-state index contributed by atoms with van der Waals surface area (Å²) in [5, 5.41) is 3.01. The number of carbonyl (C=O) groups is 1. The number of aromatic amines is 1. The summed E-state index contributed by atoms with van der Waals surface area (Å²) in [6, 6.07) is 14.6. The van der Waals surface area contributed by atoms with Crippen molar-refractivity contribution in [2.75, 3.05) is 0 Å². The van der Waals surface area contributed by atoms with Gasteiger partial charge in [0.25, 0.3) is 0 Å². The lowest BCUT2D eigenvalue weighted by molar-refractivity contribution is -0.121. The first-order valence-electron chi connectivity index (χ1n) is 9.50. The van der Waals surface area contributed by atoms with Crippen LogP contribution in [0.1, 0.15) is 49.2 Å². The Morgan fingerprint density at radius 3 is 2.46 bits per heavy atom. The van der Waals surface area contributed by atoms with E-state index in [9.17, 15) is 4.79 Å². The van der Waals surface area contributed by atoms with E-state index in [4.69, 9.17) is 0 Å². The molecule has 0 aliphatic rings. The lowest BCUT2D eigenvalue weighted by atomic mass is 10.1. The van der Waals surface area contributed by atoms with Gasteiger partial charge in [0.05, 0.1) is 11.0 Å². The van der Waals surface area contributed by atoms with Crippen molar-refractivity contribution in [2.24, 2.45) is 0 Å². The van der Waals surface area contributed by atoms with E-state index in [1.165, 1.54) is 5.56 Å². The molecule has 0 radical (unpaired) electrons. The van der Waals surface area contributed by atoms with Crippen LogP contribution in [0.15, 0.2) is 42.5 Å². The molecule has 0 saturated heterocycles. The van der Waals surface area contributed by atoms with Gasteiger partial charge in [-0.05, 0) is 48.1 Å². The Bertz CT molecular complexity index is 865. The summed E-state index contributed by atoms with van der Waals surface area (Å²) in [7, 11) is 0. The predicted molar refractivity (Wildman–Crippen MR) is 106 cm³/mol. The lowest BCUT2D eigenvalue weighted by Gasteiger charge is -2.06. The minimum Gasteiger partial charge on any atom is -0.352 e. The largest absolute Gasteiger partial charge is 0.352 e. The zero-order valence-electron chi connectivity index (χ0n) is 15.6. The number of hydrogen-bond donors (Lipinski definition) is 2. The van der Waals surface area contributed by atoms with Crippen molar-refractivity contribution in [3.8, 4) is 0 Å². The average molecular weight is 349 g/mol. The molecule has 4 heteroatoms. The van der Waals surface area contributed by atoms with Crippen LogP contribution in [0.2, 0.25) is 0 Å². The summed E-state index contributed by atoms with van der Waals surface area (Å²) in [5.74, 6) is 1.12. The molecule has 0 spiro atoms. The number of rotatable bonds is 8. The van der Waals surface area contributed by atoms with Crippen molar-refractivity contribution in [3.05, 3.63) is 65.0 Å². The summed E-state index contributed by atoms with van der Waals surface area (Å²) in [6.07, 6.45) is 4.31. The maximum absolute atomic E-state index is 12.1. The third kappa shape index (κ3) is 4.72. The molecule has 26 heavy (non-hydrogen) atoms. The third-order valence-electron chi connectivity index (χ3n) is 4.64. The summed E-state index contributed by atoms with van der Waals surface area (Å²) >= 11 is 0. The van der Waals surface area contributed by atoms with E-state index in [0.29, 0.717) is 13.0 Å². The minimum atomic E-state index is 0.0842. The number of aryl methyl sites for hydroxylation is 3. The van der Waals surface area contributed by atoms with Crippen molar-refractivity contribution in [3.63, 3.8) is 0 Å². The van der Waals surface area contributed by atoms with Crippen LogP contribution >= 0.6 is 0 Å². The quantitative estimate of drug-likeness (QED) is 0.636. The molecular weight excluding hydrogens is 322 g/mol. The van der Waals surface area contributed by atoms with E-state index in [1.807, 2.05) is 6.07 Å². The molecule has 3 rings (SSSR count). The summed E-state index contributed by atoms with van der Waals surface area (Å²) < 4.78 is 0. The van der Waals surface area contributed by atoms with Crippen molar-refractivity contribution in [2.45, 2.75) is 52.5 Å². The average Bonchev–Trinajstić information content (AvgIpc) is 3.07. The minimum absolute atomic E-state index is 0.0842. The maximum atomic E-state index is 12.1. The van der Waals surface area contributed by atoms with Gasteiger partial charge in [-0.25, -0.2) is 4.98 Å². The number of aromatic nitrogens is 2. The number of fused-ring (bicyclic) bond motifs is 1. The Balaban J connectivity index is 1.51. The Kier molecular flexibility index (Phi) is 6.05. The van der Waals surface area contributed by atoms with Crippen LogP contribution < -0.4 is 5.32 Å². The van der Waals surface area contributed by atoms with Crippen LogP contribution in [0.5, 0.6) is 0 Å². The number of benzene rings is 2. The Morgan fingerprint density at radius 2 is 1.73 bits per heavy atom. The fourth-order valence-corrected chi connectivity index (χ4v) is 3.06. The monoisotopic (exact) mass is 349 g/mol. The predicted octanol–water partition coefficient (Wildman–Crippen LogP) is 4.33. The van der Waals surface area contributed by atoms with Crippen LogP contribution in [0, 0.1) is 0 Å². The second-order valence-electron chi connectivity index (χ2n) is 6.73. The molecule has 4 nitrogen and oxygen atoms in total. The first-order valence-corrected chi connectivity index (χ1v) is 9.50. The number of carbonyl (C=O) groups excluding carboxylic acids is 1. The molecule has 0 saturated carbocycles. The van der Waals surface area contributed by atoms with Crippen molar-refractivity contribution in [1.29, 1.82) is 0 Å². The molecule has 0 atom stereocenters. The van der Waals surface area contributed by atoms with E-state index >= 15 is 0 Å². The second-order valence-corrected chi connectivity index (χ2v) is 6.73. The topological polar surface area (TPSA) is 57.8 Å². The first kappa shape index (κ1) is 18.2. The van der Waals surface area contributed by atoms with E-state index in [-0.39, 0.29) is 5.91 Å². The molecule has 1 aromatic heterocycles. The fourth-order valence-electron chi connectivity index (χ4n) is 3.06. The van der Waals surface area contributed by atoms with E-state index in [0.717, 1.165) is 53.7 Å². The number of amides is 1. The number of imidazole rings is 1. The smallest absolute Gasteiger partial charge is 0.220 e. The fraction of sp³-hybridized carbons (Fsp3) is 0.364. The zero-order valence-corrected chi connectivity index (χ0v) is 15.6. The maximum Gasteiger partial charge on any atom is 0.220 e. The molecule has 0 unspecified atom stereocenters. The molecule has 1 heterocycles. The SMILES string of the molecule is CCCc1nc2ccc(CCC(=O)NCc3ccc(CC)cc3)cc2[nH]1. The molecule has 136 valence electrons. The molecule has 2 aromatic carbocycles. The molecule has 0 bridgehead atoms. The van der Waals surface area contributed by atoms with Gasteiger partial charge in [-0.15, -0.1) is 0 Å². The van der Waals surface area contributed by atoms with E-state index in [1.54, 1.807) is 0 Å². The number of nitrogens with one attached hydrogen (secondary N) is 2. The molecular formula is C22H27N3O. The van der Waals surface area contributed by atoms with Crippen molar-refractivity contribution in [1.82, 2.24) is 15.3 Å². The van der Waals surface area contributed by atoms with Crippen LogP contribution in [0.4, 0.5) is 0 Å². The van der Waals surface area contributed by atoms with Gasteiger partial charge in [0.15, 0.2) is 0 Å². The molecule has 1 amide bonds. The van der Waals surface area contributed by atoms with Gasteiger partial charge in [0, 0.05) is 19.4 Å². The number of H-pyrrole nitrogens is 1. The van der Waals surface area contributed by atoms with Crippen LogP contribution in [-0.2, 0) is 30.6 Å². The Morgan fingerprint density at radius 1 is 1.00 bits per heavy atom. The van der Waals surface area contributed by atoms with Crippen LogP contribution in [0.25, 0.3) is 11.0 Å². The van der Waals surface area contributed by atoms with Gasteiger partial charge in [-0.1, -0.05) is 44.2 Å². The van der Waals surface area contributed by atoms with Crippen LogP contribution in [-0.4, -0.2) is 15.9 Å². The number of hydrogen-bond acceptors (Lipinski definition) is 2. The zero-order chi connectivity index (χ0) is 18.4. The highest BCUT2D eigenvalue weighted by Gasteiger charge is 2.06. The van der Waals surface area contributed by atoms with E-state index < -0.39 is 0 Å². The molecule has 0 aliphatic carbocycles. The number of nitrogens with zero attached hydrogens (tertiary/aromatic N) is 1. The molecule has 0 fully saturated rings. The van der Waals surface area contributed by atoms with Gasteiger partial charge in [0.2, 0.25) is 5.91 Å². The van der Waals surface area contributed by atoms with Crippen molar-refractivity contribution >= 4 is 16.9 Å². The van der Waals surface area contributed by atoms with Gasteiger partial charge in [-0.3, -0.25) is 4.79 Å². The van der Waals surface area contributed by atoms with Crippen molar-refractivity contribution < 1.29 is 4.79 Å². The normalized spacial score (nSPS) is 11.0. The summed E-state index contributed by atoms with van der Waals surface area (Å²) in [6.45, 7) is 4.88. The van der Waals surface area contributed by atoms with E-state index in [2.05, 4.69) is 65.5 Å². The second kappa shape index (κ2) is 8.65.